The molecule has 18 heavy (non-hydrogen) atoms. The van der Waals surface area contributed by atoms with Gasteiger partial charge in [-0.15, -0.1) is 11.3 Å². The van der Waals surface area contributed by atoms with Crippen LogP contribution in [0.4, 0.5) is 0 Å². The second-order valence-electron chi connectivity index (χ2n) is 4.68. The van der Waals surface area contributed by atoms with Crippen molar-refractivity contribution in [3.05, 3.63) is 44.1 Å². The molecule has 0 amide bonds. The smallest absolute Gasteiger partial charge is 0.196 e. The van der Waals surface area contributed by atoms with Gasteiger partial charge in [0.15, 0.2) is 4.77 Å². The molecule has 0 saturated heterocycles. The monoisotopic (exact) mass is 277 g/mol. The zero-order chi connectivity index (χ0) is 12.5. The van der Waals surface area contributed by atoms with E-state index in [0.29, 0.717) is 4.77 Å². The second-order valence-corrected chi connectivity index (χ2v) is 6.07. The highest BCUT2D eigenvalue weighted by atomic mass is 32.1. The lowest BCUT2D eigenvalue weighted by Crippen LogP contribution is -2.30. The zero-order valence-electron chi connectivity index (χ0n) is 10.3. The number of hydrogen-bond donors (Lipinski definition) is 1. The Kier molecular flexibility index (Phi) is 3.28. The molecule has 3 rings (SSSR count). The summed E-state index contributed by atoms with van der Waals surface area (Å²) in [6.45, 7) is 5.27. The predicted molar refractivity (Wildman–Crippen MR) is 76.3 cm³/mol. The van der Waals surface area contributed by atoms with Gasteiger partial charge in [0, 0.05) is 48.4 Å². The Balaban J connectivity index is 1.77. The fourth-order valence-corrected chi connectivity index (χ4v) is 3.43. The average Bonchev–Trinajstić information content (AvgIpc) is 2.75. The molecule has 0 aliphatic carbocycles. The van der Waals surface area contributed by atoms with Crippen LogP contribution in [0.2, 0.25) is 0 Å². The van der Waals surface area contributed by atoms with Crippen LogP contribution in [0.1, 0.15) is 21.7 Å². The zero-order valence-corrected chi connectivity index (χ0v) is 11.9. The Morgan fingerprint density at radius 3 is 3.22 bits per heavy atom. The average molecular weight is 277 g/mol. The number of aromatic amines is 1. The van der Waals surface area contributed by atoms with E-state index in [1.165, 1.54) is 21.7 Å². The third-order valence-corrected chi connectivity index (χ3v) is 4.61. The van der Waals surface area contributed by atoms with Crippen LogP contribution in [0.3, 0.4) is 0 Å². The van der Waals surface area contributed by atoms with Crippen LogP contribution in [0.5, 0.6) is 0 Å². The quantitative estimate of drug-likeness (QED) is 0.856. The molecule has 5 heteroatoms. The molecule has 0 fully saturated rings. The van der Waals surface area contributed by atoms with Gasteiger partial charge in [0.25, 0.3) is 0 Å². The number of aryl methyl sites for hydroxylation is 1. The summed E-state index contributed by atoms with van der Waals surface area (Å²) >= 11 is 6.90. The lowest BCUT2D eigenvalue weighted by atomic mass is 10.1. The van der Waals surface area contributed by atoms with Crippen molar-refractivity contribution < 1.29 is 0 Å². The Morgan fingerprint density at radius 1 is 1.56 bits per heavy atom. The van der Waals surface area contributed by atoms with E-state index in [2.05, 4.69) is 33.2 Å². The van der Waals surface area contributed by atoms with Crippen LogP contribution in [0.15, 0.2) is 17.6 Å². The highest BCUT2D eigenvalue weighted by molar-refractivity contribution is 7.71. The Hall–Kier alpha value is -1.04. The summed E-state index contributed by atoms with van der Waals surface area (Å²) in [7, 11) is 0. The molecule has 1 aliphatic heterocycles. The molecule has 3 nitrogen and oxygen atoms in total. The number of hydrogen-bond acceptors (Lipinski definition) is 4. The molecule has 2 aromatic rings. The maximum atomic E-state index is 5.06. The maximum absolute atomic E-state index is 5.06. The molecule has 0 aromatic carbocycles. The third kappa shape index (κ3) is 2.39. The fourth-order valence-electron chi connectivity index (χ4n) is 2.31. The summed E-state index contributed by atoms with van der Waals surface area (Å²) in [5.74, 6) is 0. The number of nitrogens with one attached hydrogen (secondary N) is 1. The Labute approximate surface area is 116 Å². The summed E-state index contributed by atoms with van der Waals surface area (Å²) in [6.07, 6.45) is 2.95. The van der Waals surface area contributed by atoms with Crippen molar-refractivity contribution >= 4 is 23.6 Å². The first-order valence-electron chi connectivity index (χ1n) is 6.05. The van der Waals surface area contributed by atoms with Gasteiger partial charge in [-0.2, -0.15) is 0 Å². The fraction of sp³-hybridized carbons (Fsp3) is 0.385. The lowest BCUT2D eigenvalue weighted by Gasteiger charge is -2.27. The summed E-state index contributed by atoms with van der Waals surface area (Å²) in [6, 6.07) is 2.19. The van der Waals surface area contributed by atoms with Crippen LogP contribution >= 0.6 is 23.6 Å². The first-order chi connectivity index (χ1) is 8.72. The first kappa shape index (κ1) is 12.0. The number of fused-ring (bicyclic) bond motifs is 1. The van der Waals surface area contributed by atoms with E-state index in [-0.39, 0.29) is 0 Å². The molecule has 1 N–H and O–H groups in total. The molecule has 0 atom stereocenters. The maximum Gasteiger partial charge on any atom is 0.196 e. The van der Waals surface area contributed by atoms with Crippen molar-refractivity contribution in [3.8, 4) is 0 Å². The van der Waals surface area contributed by atoms with Gasteiger partial charge in [-0.25, -0.2) is 4.98 Å². The van der Waals surface area contributed by atoms with Crippen molar-refractivity contribution in [2.24, 2.45) is 0 Å². The second kappa shape index (κ2) is 4.91. The van der Waals surface area contributed by atoms with Gasteiger partial charge >= 0.3 is 0 Å². The molecule has 94 valence electrons. The molecular weight excluding hydrogens is 262 g/mol. The number of nitrogens with zero attached hydrogens (tertiary/aromatic N) is 2. The van der Waals surface area contributed by atoms with Crippen LogP contribution < -0.4 is 0 Å². The van der Waals surface area contributed by atoms with Crippen molar-refractivity contribution in [2.75, 3.05) is 6.54 Å². The van der Waals surface area contributed by atoms with Crippen LogP contribution in [-0.4, -0.2) is 21.4 Å². The summed E-state index contributed by atoms with van der Waals surface area (Å²) in [5.41, 5.74) is 3.94. The van der Waals surface area contributed by atoms with E-state index >= 15 is 0 Å². The molecule has 0 bridgehead atoms. The molecule has 0 saturated carbocycles. The minimum absolute atomic E-state index is 0.594. The summed E-state index contributed by atoms with van der Waals surface area (Å²) in [4.78, 5) is 11.3. The molecule has 0 spiro atoms. The standard InChI is InChI=1S/C13H15N3S2/c1-9-3-5-18-12(9)8-16-4-2-11-10(7-16)6-14-13(17)15-11/h3,5-6H,2,4,7-8H2,1H3,(H,14,15,17). The van der Waals surface area contributed by atoms with Crippen molar-refractivity contribution in [1.29, 1.82) is 0 Å². The molecule has 3 heterocycles. The van der Waals surface area contributed by atoms with E-state index in [0.717, 1.165) is 26.1 Å². The predicted octanol–water partition coefficient (Wildman–Crippen LogP) is 3.07. The molecule has 2 aromatic heterocycles. The van der Waals surface area contributed by atoms with Crippen LogP contribution in [0.25, 0.3) is 0 Å². The summed E-state index contributed by atoms with van der Waals surface area (Å²) in [5, 5.41) is 2.17. The van der Waals surface area contributed by atoms with Gasteiger partial charge in [-0.05, 0) is 36.2 Å². The van der Waals surface area contributed by atoms with Gasteiger partial charge < -0.3 is 4.98 Å². The van der Waals surface area contributed by atoms with Gasteiger partial charge in [0.2, 0.25) is 0 Å². The Bertz CT molecular complexity index is 615. The van der Waals surface area contributed by atoms with Crippen LogP contribution in [0, 0.1) is 11.7 Å². The highest BCUT2D eigenvalue weighted by Gasteiger charge is 2.17. The summed E-state index contributed by atoms with van der Waals surface area (Å²) < 4.78 is 0.594. The number of rotatable bonds is 2. The van der Waals surface area contributed by atoms with E-state index in [9.17, 15) is 0 Å². The third-order valence-electron chi connectivity index (χ3n) is 3.39. The molecular formula is C13H15N3S2. The van der Waals surface area contributed by atoms with E-state index in [4.69, 9.17) is 12.2 Å². The lowest BCUT2D eigenvalue weighted by molar-refractivity contribution is 0.244. The number of aromatic nitrogens is 2. The van der Waals surface area contributed by atoms with E-state index in [1.807, 2.05) is 17.5 Å². The van der Waals surface area contributed by atoms with Gasteiger partial charge in [0.1, 0.15) is 0 Å². The first-order valence-corrected chi connectivity index (χ1v) is 7.33. The topological polar surface area (TPSA) is 31.9 Å². The normalized spacial score (nSPS) is 15.6. The molecule has 0 unspecified atom stereocenters. The highest BCUT2D eigenvalue weighted by Crippen LogP contribution is 2.22. The molecule has 0 radical (unpaired) electrons. The molecule has 1 aliphatic rings. The van der Waals surface area contributed by atoms with E-state index < -0.39 is 0 Å². The van der Waals surface area contributed by atoms with Gasteiger partial charge in [0.05, 0.1) is 0 Å². The van der Waals surface area contributed by atoms with Crippen molar-refractivity contribution in [3.63, 3.8) is 0 Å². The van der Waals surface area contributed by atoms with Gasteiger partial charge in [-0.1, -0.05) is 0 Å². The van der Waals surface area contributed by atoms with Crippen molar-refractivity contribution in [1.82, 2.24) is 14.9 Å². The largest absolute Gasteiger partial charge is 0.334 e. The number of thiophene rings is 1. The minimum Gasteiger partial charge on any atom is -0.334 e. The Morgan fingerprint density at radius 2 is 2.44 bits per heavy atom. The van der Waals surface area contributed by atoms with Gasteiger partial charge in [-0.3, -0.25) is 4.90 Å². The number of H-pyrrole nitrogens is 1. The minimum atomic E-state index is 0.594. The SMILES string of the molecule is Cc1ccsc1CN1CCc2[nH]c(=S)ncc2C1. The van der Waals surface area contributed by atoms with Crippen LogP contribution in [-0.2, 0) is 19.5 Å². The van der Waals surface area contributed by atoms with E-state index in [1.54, 1.807) is 0 Å². The van der Waals surface area contributed by atoms with Crippen molar-refractivity contribution in [2.45, 2.75) is 26.4 Å².